The first kappa shape index (κ1) is 28.9. The SMILES string of the molecule is O=C(O)CCCCCCCCCCCCCCCCCCCCCCCCC(=O)O. The van der Waals surface area contributed by atoms with Gasteiger partial charge in [0.05, 0.1) is 0 Å². The molecule has 0 saturated carbocycles. The molecule has 178 valence electrons. The lowest BCUT2D eigenvalue weighted by Crippen LogP contribution is -1.93. The monoisotopic (exact) mass is 426 g/mol. The molecule has 0 fully saturated rings. The second-order valence-electron chi connectivity index (χ2n) is 9.07. The van der Waals surface area contributed by atoms with Crippen molar-refractivity contribution in [2.24, 2.45) is 0 Å². The lowest BCUT2D eigenvalue weighted by molar-refractivity contribution is -0.138. The molecule has 0 atom stereocenters. The molecule has 0 aromatic carbocycles. The first-order valence-corrected chi connectivity index (χ1v) is 13.1. The minimum Gasteiger partial charge on any atom is -0.481 e. The van der Waals surface area contributed by atoms with Crippen molar-refractivity contribution in [3.63, 3.8) is 0 Å². The molecule has 0 saturated heterocycles. The fourth-order valence-corrected chi connectivity index (χ4v) is 4.09. The maximum Gasteiger partial charge on any atom is 0.303 e. The largest absolute Gasteiger partial charge is 0.481 e. The molecule has 0 spiro atoms. The molecule has 30 heavy (non-hydrogen) atoms. The van der Waals surface area contributed by atoms with E-state index in [1.54, 1.807) is 0 Å². The number of hydrogen-bond acceptors (Lipinski definition) is 2. The van der Waals surface area contributed by atoms with Gasteiger partial charge in [-0.25, -0.2) is 0 Å². The fraction of sp³-hybridized carbons (Fsp3) is 0.923. The van der Waals surface area contributed by atoms with E-state index in [2.05, 4.69) is 0 Å². The van der Waals surface area contributed by atoms with Crippen LogP contribution in [0.1, 0.15) is 154 Å². The molecule has 0 aromatic rings. The summed E-state index contributed by atoms with van der Waals surface area (Å²) in [6.07, 6.45) is 28.7. The van der Waals surface area contributed by atoms with Crippen molar-refractivity contribution in [3.8, 4) is 0 Å². The molecule has 0 amide bonds. The second-order valence-corrected chi connectivity index (χ2v) is 9.07. The maximum atomic E-state index is 10.4. The molecule has 4 heteroatoms. The molecule has 0 aromatic heterocycles. The molecule has 2 N–H and O–H groups in total. The van der Waals surface area contributed by atoms with E-state index in [0.717, 1.165) is 25.7 Å². The molecule has 0 heterocycles. The number of hydrogen-bond donors (Lipinski definition) is 2. The molecule has 0 unspecified atom stereocenters. The number of carbonyl (C=O) groups is 2. The normalized spacial score (nSPS) is 11.1. The Balaban J connectivity index is 3.02. The zero-order valence-corrected chi connectivity index (χ0v) is 19.7. The number of aliphatic carboxylic acids is 2. The summed E-state index contributed by atoms with van der Waals surface area (Å²) in [4.78, 5) is 20.8. The van der Waals surface area contributed by atoms with Crippen LogP contribution in [0.15, 0.2) is 0 Å². The van der Waals surface area contributed by atoms with Crippen LogP contribution in [0.3, 0.4) is 0 Å². The van der Waals surface area contributed by atoms with Gasteiger partial charge in [-0.3, -0.25) is 9.59 Å². The molecule has 0 aliphatic heterocycles. The highest BCUT2D eigenvalue weighted by Crippen LogP contribution is 2.15. The van der Waals surface area contributed by atoms with Crippen LogP contribution in [0, 0.1) is 0 Å². The van der Waals surface area contributed by atoms with Gasteiger partial charge in [0.1, 0.15) is 0 Å². The van der Waals surface area contributed by atoms with Crippen LogP contribution in [0.5, 0.6) is 0 Å². The van der Waals surface area contributed by atoms with Crippen LogP contribution < -0.4 is 0 Å². The van der Waals surface area contributed by atoms with Gasteiger partial charge in [-0.15, -0.1) is 0 Å². The molecular formula is C26H50O4. The van der Waals surface area contributed by atoms with Gasteiger partial charge >= 0.3 is 11.9 Å². The van der Waals surface area contributed by atoms with Crippen molar-refractivity contribution in [3.05, 3.63) is 0 Å². The minimum atomic E-state index is -0.662. The van der Waals surface area contributed by atoms with Crippen LogP contribution >= 0.6 is 0 Å². The van der Waals surface area contributed by atoms with Crippen molar-refractivity contribution in [1.29, 1.82) is 0 Å². The molecule has 4 nitrogen and oxygen atoms in total. The van der Waals surface area contributed by atoms with Gasteiger partial charge in [0, 0.05) is 12.8 Å². The Bertz CT molecular complexity index is 345. The van der Waals surface area contributed by atoms with Crippen LogP contribution in [-0.4, -0.2) is 22.2 Å². The van der Waals surface area contributed by atoms with E-state index in [-0.39, 0.29) is 0 Å². The fourth-order valence-electron chi connectivity index (χ4n) is 4.09. The Hall–Kier alpha value is -1.06. The van der Waals surface area contributed by atoms with E-state index in [0.29, 0.717) is 12.8 Å². The zero-order chi connectivity index (χ0) is 22.1. The number of carboxylic acid groups (broad SMARTS) is 2. The summed E-state index contributed by atoms with van der Waals surface area (Å²) in [5.74, 6) is -1.32. The van der Waals surface area contributed by atoms with Gasteiger partial charge in [0.2, 0.25) is 0 Å². The maximum absolute atomic E-state index is 10.4. The molecular weight excluding hydrogens is 376 g/mol. The van der Waals surface area contributed by atoms with Crippen molar-refractivity contribution in [2.75, 3.05) is 0 Å². The Morgan fingerprint density at radius 2 is 0.433 bits per heavy atom. The average molecular weight is 427 g/mol. The summed E-state index contributed by atoms with van der Waals surface area (Å²) in [6.45, 7) is 0. The van der Waals surface area contributed by atoms with Gasteiger partial charge in [0.15, 0.2) is 0 Å². The van der Waals surface area contributed by atoms with Gasteiger partial charge in [-0.2, -0.15) is 0 Å². The van der Waals surface area contributed by atoms with E-state index in [1.165, 1.54) is 116 Å². The highest BCUT2D eigenvalue weighted by Gasteiger charge is 1.98. The smallest absolute Gasteiger partial charge is 0.303 e. The van der Waals surface area contributed by atoms with Crippen LogP contribution in [0.25, 0.3) is 0 Å². The first-order valence-electron chi connectivity index (χ1n) is 13.1. The third-order valence-corrected chi connectivity index (χ3v) is 6.03. The quantitative estimate of drug-likeness (QED) is 0.143. The number of unbranched alkanes of at least 4 members (excludes halogenated alkanes) is 21. The second kappa shape index (κ2) is 24.2. The summed E-state index contributed by atoms with van der Waals surface area (Å²) >= 11 is 0. The van der Waals surface area contributed by atoms with Crippen molar-refractivity contribution in [1.82, 2.24) is 0 Å². The topological polar surface area (TPSA) is 74.6 Å². The summed E-state index contributed by atoms with van der Waals surface area (Å²) in [7, 11) is 0. The Labute approximate surface area is 186 Å². The average Bonchev–Trinajstić information content (AvgIpc) is 2.70. The molecule has 0 rings (SSSR count). The highest BCUT2D eigenvalue weighted by molar-refractivity contribution is 5.66. The lowest BCUT2D eigenvalue weighted by Gasteiger charge is -2.04. The predicted octanol–water partition coefficient (Wildman–Crippen LogP) is 8.52. The van der Waals surface area contributed by atoms with E-state index in [1.807, 2.05) is 0 Å². The Morgan fingerprint density at radius 3 is 0.567 bits per heavy atom. The molecule has 0 bridgehead atoms. The van der Waals surface area contributed by atoms with Crippen molar-refractivity contribution < 1.29 is 19.8 Å². The van der Waals surface area contributed by atoms with E-state index in [4.69, 9.17) is 10.2 Å². The highest BCUT2D eigenvalue weighted by atomic mass is 16.4. The molecule has 0 aliphatic carbocycles. The third kappa shape index (κ3) is 26.9. The standard InChI is InChI=1S/C26H50O4/c27-25(28)23-21-19-17-15-13-11-9-7-5-3-1-2-4-6-8-10-12-14-16-18-20-22-24-26(29)30/h1-24H2,(H,27,28)(H,29,30). The van der Waals surface area contributed by atoms with Gasteiger partial charge < -0.3 is 10.2 Å². The third-order valence-electron chi connectivity index (χ3n) is 6.03. The molecule has 0 radical (unpaired) electrons. The summed E-state index contributed by atoms with van der Waals surface area (Å²) in [6, 6.07) is 0. The van der Waals surface area contributed by atoms with Crippen LogP contribution in [0.4, 0.5) is 0 Å². The lowest BCUT2D eigenvalue weighted by atomic mass is 10.0. The van der Waals surface area contributed by atoms with Gasteiger partial charge in [0.25, 0.3) is 0 Å². The zero-order valence-electron chi connectivity index (χ0n) is 19.7. The van der Waals surface area contributed by atoms with E-state index >= 15 is 0 Å². The van der Waals surface area contributed by atoms with Crippen LogP contribution in [0.2, 0.25) is 0 Å². The minimum absolute atomic E-state index is 0.332. The van der Waals surface area contributed by atoms with Gasteiger partial charge in [-0.1, -0.05) is 128 Å². The predicted molar refractivity (Wildman–Crippen MR) is 126 cm³/mol. The number of carboxylic acids is 2. The van der Waals surface area contributed by atoms with E-state index in [9.17, 15) is 9.59 Å². The van der Waals surface area contributed by atoms with Gasteiger partial charge in [-0.05, 0) is 12.8 Å². The van der Waals surface area contributed by atoms with Crippen molar-refractivity contribution >= 4 is 11.9 Å². The molecule has 0 aliphatic rings. The van der Waals surface area contributed by atoms with Crippen LogP contribution in [-0.2, 0) is 9.59 Å². The number of rotatable bonds is 25. The van der Waals surface area contributed by atoms with Crippen molar-refractivity contribution in [2.45, 2.75) is 154 Å². The summed E-state index contributed by atoms with van der Waals surface area (Å²) < 4.78 is 0. The summed E-state index contributed by atoms with van der Waals surface area (Å²) in [5, 5.41) is 17.2. The summed E-state index contributed by atoms with van der Waals surface area (Å²) in [5.41, 5.74) is 0. The Morgan fingerprint density at radius 1 is 0.300 bits per heavy atom. The first-order chi connectivity index (χ1) is 14.6. The Kier molecular flexibility index (Phi) is 23.4. The van der Waals surface area contributed by atoms with E-state index < -0.39 is 11.9 Å².